The Balaban J connectivity index is 1.56. The molecule has 11 nitrogen and oxygen atoms in total. The number of nitrogens with zero attached hydrogens (tertiary/aromatic N) is 6. The predicted molar refractivity (Wildman–Crippen MR) is 123 cm³/mol. The summed E-state index contributed by atoms with van der Waals surface area (Å²) in [5, 5.41) is 15.5. The Morgan fingerprint density at radius 2 is 2.12 bits per heavy atom. The van der Waals surface area contributed by atoms with E-state index in [0.717, 1.165) is 24.2 Å². The molecule has 0 aliphatic carbocycles. The van der Waals surface area contributed by atoms with Gasteiger partial charge in [-0.3, -0.25) is 14.8 Å². The van der Waals surface area contributed by atoms with Gasteiger partial charge >= 0.3 is 0 Å². The average Bonchev–Trinajstić information content (AvgIpc) is 3.47. The van der Waals surface area contributed by atoms with Crippen LogP contribution in [-0.2, 0) is 4.74 Å². The zero-order chi connectivity index (χ0) is 22.9. The van der Waals surface area contributed by atoms with Crippen molar-refractivity contribution in [2.75, 3.05) is 38.7 Å². The molecule has 33 heavy (non-hydrogen) atoms. The number of amides is 1. The monoisotopic (exact) mass is 467 g/mol. The van der Waals surface area contributed by atoms with Crippen molar-refractivity contribution >= 4 is 34.2 Å². The van der Waals surface area contributed by atoms with Gasteiger partial charge in [0.2, 0.25) is 0 Å². The number of aromatic nitrogens is 6. The fourth-order valence-corrected chi connectivity index (χ4v) is 3.94. The number of nitrogens with one attached hydrogen (secondary N) is 2. The number of nitrogen functional groups attached to an aromatic ring is 1. The van der Waals surface area contributed by atoms with E-state index < -0.39 is 5.91 Å². The van der Waals surface area contributed by atoms with Crippen LogP contribution >= 0.6 is 11.6 Å². The molecule has 170 valence electrons. The Kier molecular flexibility index (Phi) is 5.67. The number of carbonyl (C=O) groups is 1. The number of benzene rings is 1. The van der Waals surface area contributed by atoms with Crippen LogP contribution in [0.4, 0.5) is 5.82 Å². The number of H-pyrrole nitrogens is 1. The zero-order valence-corrected chi connectivity index (χ0v) is 18.6. The molecular formula is C21H22ClN9O2. The van der Waals surface area contributed by atoms with Crippen molar-refractivity contribution in [3.63, 3.8) is 0 Å². The topological polar surface area (TPSA) is 140 Å². The lowest BCUT2D eigenvalue weighted by Crippen LogP contribution is -2.44. The highest BCUT2D eigenvalue weighted by atomic mass is 35.5. The van der Waals surface area contributed by atoms with Crippen LogP contribution in [0.25, 0.3) is 28.0 Å². The molecule has 4 aromatic rings. The van der Waals surface area contributed by atoms with Crippen LogP contribution in [0.5, 0.6) is 0 Å². The molecule has 0 atom stereocenters. The van der Waals surface area contributed by atoms with Gasteiger partial charge in [-0.2, -0.15) is 10.2 Å². The maximum Gasteiger partial charge on any atom is 0.274 e. The molecular weight excluding hydrogens is 446 g/mol. The number of fused-ring (bicyclic) bond motifs is 1. The molecule has 3 aromatic heterocycles. The SMILES string of the molecule is Cc1ccn(-c2nc(N)c(C(=O)NCN3CCOCC3)nc2-c2cc(Cl)c3[nH]ncc3c2)n1. The third-order valence-electron chi connectivity index (χ3n) is 5.40. The minimum atomic E-state index is -0.411. The van der Waals surface area contributed by atoms with Crippen LogP contribution < -0.4 is 11.1 Å². The van der Waals surface area contributed by atoms with Crippen molar-refractivity contribution < 1.29 is 9.53 Å². The lowest BCUT2D eigenvalue weighted by molar-refractivity contribution is 0.0334. The van der Waals surface area contributed by atoms with E-state index in [1.54, 1.807) is 23.1 Å². The van der Waals surface area contributed by atoms with E-state index in [4.69, 9.17) is 22.1 Å². The standard InChI is InChI=1S/C21H22ClN9O2/c1-12-2-3-31(29-12)20-17(13-8-14-10-25-28-16(14)15(22)9-13)26-18(19(23)27-20)21(32)24-11-30-4-6-33-7-5-30/h2-3,8-10H,4-7,11H2,1H3,(H2,23,27)(H,24,32)(H,25,28). The van der Waals surface area contributed by atoms with E-state index in [1.165, 1.54) is 0 Å². The first-order valence-electron chi connectivity index (χ1n) is 10.4. The number of hydrogen-bond acceptors (Lipinski definition) is 8. The Morgan fingerprint density at radius 3 is 2.88 bits per heavy atom. The molecule has 0 bridgehead atoms. The largest absolute Gasteiger partial charge is 0.382 e. The van der Waals surface area contributed by atoms with Crippen molar-refractivity contribution in [1.29, 1.82) is 0 Å². The number of anilines is 1. The first-order valence-corrected chi connectivity index (χ1v) is 10.8. The molecule has 1 saturated heterocycles. The molecule has 0 unspecified atom stereocenters. The van der Waals surface area contributed by atoms with E-state index in [9.17, 15) is 4.79 Å². The molecule has 1 aromatic carbocycles. The summed E-state index contributed by atoms with van der Waals surface area (Å²) in [6.45, 7) is 5.00. The van der Waals surface area contributed by atoms with Gasteiger partial charge in [-0.25, -0.2) is 14.6 Å². The fraction of sp³-hybridized carbons (Fsp3) is 0.286. The molecule has 5 rings (SSSR count). The number of rotatable bonds is 5. The van der Waals surface area contributed by atoms with Gasteiger partial charge in [0.25, 0.3) is 5.91 Å². The van der Waals surface area contributed by atoms with E-state index >= 15 is 0 Å². The average molecular weight is 468 g/mol. The van der Waals surface area contributed by atoms with Gasteiger partial charge in [0.15, 0.2) is 17.3 Å². The molecule has 0 radical (unpaired) electrons. The van der Waals surface area contributed by atoms with E-state index in [-0.39, 0.29) is 11.5 Å². The highest BCUT2D eigenvalue weighted by Crippen LogP contribution is 2.32. The maximum atomic E-state index is 13.0. The van der Waals surface area contributed by atoms with Gasteiger partial charge in [0, 0.05) is 30.2 Å². The van der Waals surface area contributed by atoms with Crippen molar-refractivity contribution in [3.05, 3.63) is 47.0 Å². The van der Waals surface area contributed by atoms with Crippen LogP contribution in [0, 0.1) is 6.92 Å². The molecule has 1 aliphatic heterocycles. The van der Waals surface area contributed by atoms with E-state index in [2.05, 4.69) is 35.5 Å². The maximum absolute atomic E-state index is 13.0. The molecule has 1 amide bonds. The number of morpholine rings is 1. The summed E-state index contributed by atoms with van der Waals surface area (Å²) < 4.78 is 6.92. The Bertz CT molecular complexity index is 1330. The van der Waals surface area contributed by atoms with Gasteiger partial charge < -0.3 is 15.8 Å². The molecule has 4 N–H and O–H groups in total. The Labute approximate surface area is 193 Å². The van der Waals surface area contributed by atoms with Crippen molar-refractivity contribution in [2.24, 2.45) is 0 Å². The normalized spacial score (nSPS) is 14.6. The first-order chi connectivity index (χ1) is 16.0. The lowest BCUT2D eigenvalue weighted by Gasteiger charge is -2.26. The van der Waals surface area contributed by atoms with E-state index in [0.29, 0.717) is 47.5 Å². The van der Waals surface area contributed by atoms with Gasteiger partial charge in [-0.1, -0.05) is 11.6 Å². The smallest absolute Gasteiger partial charge is 0.274 e. The molecule has 1 fully saturated rings. The number of hydrogen-bond donors (Lipinski definition) is 3. The summed E-state index contributed by atoms with van der Waals surface area (Å²) in [6.07, 6.45) is 3.43. The highest BCUT2D eigenvalue weighted by Gasteiger charge is 2.22. The highest BCUT2D eigenvalue weighted by molar-refractivity contribution is 6.35. The molecule has 0 spiro atoms. The lowest BCUT2D eigenvalue weighted by atomic mass is 10.1. The number of carbonyl (C=O) groups excluding carboxylic acids is 1. The number of nitrogens with two attached hydrogens (primary N) is 1. The van der Waals surface area contributed by atoms with Crippen molar-refractivity contribution in [1.82, 2.24) is 40.2 Å². The van der Waals surface area contributed by atoms with Crippen LogP contribution in [0.1, 0.15) is 16.2 Å². The summed E-state index contributed by atoms with van der Waals surface area (Å²) in [5.41, 5.74) is 8.81. The molecule has 12 heteroatoms. The summed E-state index contributed by atoms with van der Waals surface area (Å²) in [7, 11) is 0. The second-order valence-corrected chi connectivity index (χ2v) is 8.13. The summed E-state index contributed by atoms with van der Waals surface area (Å²) in [6, 6.07) is 5.47. The van der Waals surface area contributed by atoms with Crippen LogP contribution in [0.15, 0.2) is 30.6 Å². The quantitative estimate of drug-likeness (QED) is 0.403. The Hall–Kier alpha value is -3.54. The fourth-order valence-electron chi connectivity index (χ4n) is 3.67. The van der Waals surface area contributed by atoms with Crippen molar-refractivity contribution in [2.45, 2.75) is 6.92 Å². The van der Waals surface area contributed by atoms with Gasteiger partial charge in [0.05, 0.1) is 42.3 Å². The molecule has 0 saturated carbocycles. The van der Waals surface area contributed by atoms with Gasteiger partial charge in [0.1, 0.15) is 5.69 Å². The minimum Gasteiger partial charge on any atom is -0.382 e. The molecule has 4 heterocycles. The van der Waals surface area contributed by atoms with E-state index in [1.807, 2.05) is 19.1 Å². The van der Waals surface area contributed by atoms with Crippen LogP contribution in [-0.4, -0.2) is 73.7 Å². The third-order valence-corrected chi connectivity index (χ3v) is 5.70. The van der Waals surface area contributed by atoms with Gasteiger partial charge in [-0.15, -0.1) is 0 Å². The zero-order valence-electron chi connectivity index (χ0n) is 17.9. The number of aromatic amines is 1. The van der Waals surface area contributed by atoms with Crippen molar-refractivity contribution in [3.8, 4) is 17.1 Å². The van der Waals surface area contributed by atoms with Crippen LogP contribution in [0.3, 0.4) is 0 Å². The summed E-state index contributed by atoms with van der Waals surface area (Å²) in [4.78, 5) is 24.2. The van der Waals surface area contributed by atoms with Crippen LogP contribution in [0.2, 0.25) is 5.02 Å². The number of ether oxygens (including phenoxy) is 1. The predicted octanol–water partition coefficient (Wildman–Crippen LogP) is 1.77. The Morgan fingerprint density at radius 1 is 1.30 bits per heavy atom. The third kappa shape index (κ3) is 4.25. The second kappa shape index (κ2) is 8.77. The number of halogens is 1. The minimum absolute atomic E-state index is 0.0110. The van der Waals surface area contributed by atoms with Gasteiger partial charge in [-0.05, 0) is 25.1 Å². The summed E-state index contributed by atoms with van der Waals surface area (Å²) in [5.74, 6) is -0.00692. The molecule has 1 aliphatic rings. The summed E-state index contributed by atoms with van der Waals surface area (Å²) >= 11 is 6.46. The first kappa shape index (κ1) is 21.3. The number of aryl methyl sites for hydroxylation is 1. The second-order valence-electron chi connectivity index (χ2n) is 7.72.